The molecule has 0 saturated carbocycles. The number of benzene rings is 2. The van der Waals surface area contributed by atoms with Crippen LogP contribution in [0.25, 0.3) is 10.9 Å². The van der Waals surface area contributed by atoms with Crippen molar-refractivity contribution in [2.75, 3.05) is 5.32 Å². The van der Waals surface area contributed by atoms with E-state index in [2.05, 4.69) is 10.3 Å². The number of nitrogens with one attached hydrogen (secondary N) is 1. The summed E-state index contributed by atoms with van der Waals surface area (Å²) in [7, 11) is 0. The second-order valence-electron chi connectivity index (χ2n) is 4.54. The molecule has 0 fully saturated rings. The fourth-order valence-corrected chi connectivity index (χ4v) is 2.05. The Morgan fingerprint density at radius 3 is 2.76 bits per heavy atom. The molecule has 4 nitrogen and oxygen atoms in total. The normalized spacial score (nSPS) is 10.0. The molecule has 1 aromatic heterocycles. The van der Waals surface area contributed by atoms with Crippen molar-refractivity contribution in [2.45, 2.75) is 0 Å². The minimum absolute atomic E-state index is 0.296. The summed E-state index contributed by atoms with van der Waals surface area (Å²) in [6.45, 7) is 0. The zero-order valence-electron chi connectivity index (χ0n) is 11.1. The maximum Gasteiger partial charge on any atom is 0.274 e. The van der Waals surface area contributed by atoms with E-state index in [1.165, 1.54) is 0 Å². The van der Waals surface area contributed by atoms with Gasteiger partial charge < -0.3 is 5.32 Å². The average Bonchev–Trinajstić information content (AvgIpc) is 2.54. The number of aromatic nitrogens is 1. The highest BCUT2D eigenvalue weighted by molar-refractivity contribution is 6.04. The summed E-state index contributed by atoms with van der Waals surface area (Å²) >= 11 is 0. The van der Waals surface area contributed by atoms with Crippen molar-refractivity contribution in [1.29, 1.82) is 5.26 Å². The minimum atomic E-state index is -0.296. The summed E-state index contributed by atoms with van der Waals surface area (Å²) < 4.78 is 0. The molecule has 0 bridgehead atoms. The molecule has 3 aromatic rings. The Labute approximate surface area is 121 Å². The van der Waals surface area contributed by atoms with E-state index in [1.807, 2.05) is 36.4 Å². The number of rotatable bonds is 2. The third-order valence-corrected chi connectivity index (χ3v) is 3.08. The van der Waals surface area contributed by atoms with Crippen molar-refractivity contribution < 1.29 is 4.79 Å². The van der Waals surface area contributed by atoms with Crippen LogP contribution in [0, 0.1) is 11.3 Å². The molecule has 0 aliphatic heterocycles. The van der Waals surface area contributed by atoms with Crippen molar-refractivity contribution in [3.63, 3.8) is 0 Å². The highest BCUT2D eigenvalue weighted by Crippen LogP contribution is 2.14. The number of nitrogens with zero attached hydrogens (tertiary/aromatic N) is 2. The summed E-state index contributed by atoms with van der Waals surface area (Å²) in [6, 6.07) is 20.0. The lowest BCUT2D eigenvalue weighted by molar-refractivity contribution is 0.102. The Morgan fingerprint density at radius 1 is 1.05 bits per heavy atom. The molecule has 4 heteroatoms. The maximum absolute atomic E-state index is 12.2. The molecule has 2 aromatic carbocycles. The molecule has 0 radical (unpaired) electrons. The first-order valence-corrected chi connectivity index (χ1v) is 6.43. The summed E-state index contributed by atoms with van der Waals surface area (Å²) in [5.41, 5.74) is 2.19. The van der Waals surface area contributed by atoms with Gasteiger partial charge in [0.05, 0.1) is 17.1 Å². The van der Waals surface area contributed by atoms with Gasteiger partial charge in [-0.3, -0.25) is 4.79 Å². The van der Waals surface area contributed by atoms with Crippen molar-refractivity contribution in [3.8, 4) is 6.07 Å². The van der Waals surface area contributed by atoms with E-state index in [4.69, 9.17) is 5.26 Å². The molecule has 1 N–H and O–H groups in total. The fourth-order valence-electron chi connectivity index (χ4n) is 2.05. The van der Waals surface area contributed by atoms with Crippen LogP contribution < -0.4 is 5.32 Å². The molecular formula is C17H11N3O. The fraction of sp³-hybridized carbons (Fsp3) is 0. The lowest BCUT2D eigenvalue weighted by atomic mass is 10.2. The van der Waals surface area contributed by atoms with Crippen LogP contribution >= 0.6 is 0 Å². The van der Waals surface area contributed by atoms with Gasteiger partial charge in [0.25, 0.3) is 5.91 Å². The molecule has 1 amide bonds. The standard InChI is InChI=1S/C17H11N3O/c18-11-12-4-3-6-14(10-12)19-17(21)16-9-8-13-5-1-2-7-15(13)20-16/h1-10H,(H,19,21). The van der Waals surface area contributed by atoms with Crippen LogP contribution in [0.4, 0.5) is 5.69 Å². The molecule has 1 heterocycles. The molecule has 0 atom stereocenters. The predicted molar refractivity (Wildman–Crippen MR) is 80.9 cm³/mol. The van der Waals surface area contributed by atoms with Gasteiger partial charge in [0.15, 0.2) is 0 Å². The lowest BCUT2D eigenvalue weighted by Crippen LogP contribution is -2.13. The number of anilines is 1. The first-order valence-electron chi connectivity index (χ1n) is 6.43. The predicted octanol–water partition coefficient (Wildman–Crippen LogP) is 3.36. The Morgan fingerprint density at radius 2 is 1.90 bits per heavy atom. The first kappa shape index (κ1) is 12.8. The van der Waals surface area contributed by atoms with Crippen LogP contribution in [0.15, 0.2) is 60.7 Å². The number of hydrogen-bond acceptors (Lipinski definition) is 3. The number of para-hydroxylation sites is 1. The van der Waals surface area contributed by atoms with Gasteiger partial charge in [0, 0.05) is 11.1 Å². The summed E-state index contributed by atoms with van der Waals surface area (Å²) in [4.78, 5) is 16.5. The second-order valence-corrected chi connectivity index (χ2v) is 4.54. The van der Waals surface area contributed by atoms with E-state index >= 15 is 0 Å². The molecule has 0 aliphatic rings. The monoisotopic (exact) mass is 273 g/mol. The summed E-state index contributed by atoms with van der Waals surface area (Å²) in [6.07, 6.45) is 0. The molecule has 0 spiro atoms. The molecule has 3 rings (SSSR count). The van der Waals surface area contributed by atoms with Gasteiger partial charge >= 0.3 is 0 Å². The van der Waals surface area contributed by atoms with Gasteiger partial charge in [-0.15, -0.1) is 0 Å². The van der Waals surface area contributed by atoms with E-state index < -0.39 is 0 Å². The Bertz CT molecular complexity index is 865. The van der Waals surface area contributed by atoms with Gasteiger partial charge in [-0.2, -0.15) is 5.26 Å². The third-order valence-electron chi connectivity index (χ3n) is 3.08. The van der Waals surface area contributed by atoms with Crippen LogP contribution in [0.5, 0.6) is 0 Å². The topological polar surface area (TPSA) is 65.8 Å². The molecular weight excluding hydrogens is 262 g/mol. The quantitative estimate of drug-likeness (QED) is 0.778. The molecule has 21 heavy (non-hydrogen) atoms. The third kappa shape index (κ3) is 2.72. The second kappa shape index (κ2) is 5.43. The zero-order chi connectivity index (χ0) is 14.7. The van der Waals surface area contributed by atoms with Crippen LogP contribution in [0.1, 0.15) is 16.1 Å². The van der Waals surface area contributed by atoms with E-state index in [0.717, 1.165) is 10.9 Å². The maximum atomic E-state index is 12.2. The van der Waals surface area contributed by atoms with Gasteiger partial charge in [0.2, 0.25) is 0 Å². The van der Waals surface area contributed by atoms with Crippen molar-refractivity contribution in [1.82, 2.24) is 4.98 Å². The van der Waals surface area contributed by atoms with Gasteiger partial charge in [-0.25, -0.2) is 4.98 Å². The SMILES string of the molecule is N#Cc1cccc(NC(=O)c2ccc3ccccc3n2)c1. The van der Waals surface area contributed by atoms with Crippen molar-refractivity contribution >= 4 is 22.5 Å². The number of carbonyl (C=O) groups excluding carboxylic acids is 1. The number of hydrogen-bond donors (Lipinski definition) is 1. The Kier molecular flexibility index (Phi) is 3.32. The van der Waals surface area contributed by atoms with Crippen LogP contribution in [0.3, 0.4) is 0 Å². The lowest BCUT2D eigenvalue weighted by Gasteiger charge is -2.06. The minimum Gasteiger partial charge on any atom is -0.321 e. The Hall–Kier alpha value is -3.19. The zero-order valence-corrected chi connectivity index (χ0v) is 11.1. The van der Waals surface area contributed by atoms with E-state index in [0.29, 0.717) is 16.9 Å². The molecule has 100 valence electrons. The van der Waals surface area contributed by atoms with Crippen LogP contribution in [-0.4, -0.2) is 10.9 Å². The summed E-state index contributed by atoms with van der Waals surface area (Å²) in [5, 5.41) is 12.6. The van der Waals surface area contributed by atoms with Crippen LogP contribution in [-0.2, 0) is 0 Å². The highest BCUT2D eigenvalue weighted by Gasteiger charge is 2.08. The van der Waals surface area contributed by atoms with Crippen molar-refractivity contribution in [3.05, 3.63) is 71.9 Å². The van der Waals surface area contributed by atoms with Crippen LogP contribution in [0.2, 0.25) is 0 Å². The van der Waals surface area contributed by atoms with Gasteiger partial charge in [-0.1, -0.05) is 30.3 Å². The number of fused-ring (bicyclic) bond motifs is 1. The largest absolute Gasteiger partial charge is 0.321 e. The molecule has 0 saturated heterocycles. The summed E-state index contributed by atoms with van der Waals surface area (Å²) in [5.74, 6) is -0.296. The molecule has 0 aliphatic carbocycles. The number of pyridine rings is 1. The molecule has 0 unspecified atom stereocenters. The van der Waals surface area contributed by atoms with E-state index in [9.17, 15) is 4.79 Å². The smallest absolute Gasteiger partial charge is 0.274 e. The number of amides is 1. The number of nitriles is 1. The highest BCUT2D eigenvalue weighted by atomic mass is 16.1. The average molecular weight is 273 g/mol. The van der Waals surface area contributed by atoms with Gasteiger partial charge in [0.1, 0.15) is 5.69 Å². The van der Waals surface area contributed by atoms with E-state index in [-0.39, 0.29) is 5.91 Å². The number of carbonyl (C=O) groups is 1. The van der Waals surface area contributed by atoms with Crippen molar-refractivity contribution in [2.24, 2.45) is 0 Å². The Balaban J connectivity index is 1.88. The van der Waals surface area contributed by atoms with E-state index in [1.54, 1.807) is 30.3 Å². The first-order chi connectivity index (χ1) is 10.3. The van der Waals surface area contributed by atoms with Gasteiger partial charge in [-0.05, 0) is 30.3 Å².